The molecule has 1 heterocycles. The molecule has 1 aromatic rings. The lowest BCUT2D eigenvalue weighted by Crippen LogP contribution is -2.30. The van der Waals surface area contributed by atoms with Crippen molar-refractivity contribution in [2.45, 2.75) is 19.2 Å². The molecule has 2 amide bonds. The van der Waals surface area contributed by atoms with Crippen molar-refractivity contribution in [1.29, 1.82) is 0 Å². The smallest absolute Gasteiger partial charge is 0.406 e. The number of alkyl halides is 3. The minimum Gasteiger partial charge on any atom is -0.406 e. The second kappa shape index (κ2) is 5.59. The maximum Gasteiger partial charge on any atom is 0.573 e. The lowest BCUT2D eigenvalue weighted by molar-refractivity contribution is -0.274. The summed E-state index contributed by atoms with van der Waals surface area (Å²) in [5.41, 5.74) is 0.228. The second-order valence-corrected chi connectivity index (χ2v) is 4.53. The van der Waals surface area contributed by atoms with Crippen LogP contribution in [0.15, 0.2) is 36.9 Å². The van der Waals surface area contributed by atoms with Crippen LogP contribution in [0.1, 0.15) is 12.8 Å². The normalized spacial score (nSPS) is 19.0. The molecule has 0 bridgehead atoms. The first-order valence-electron chi connectivity index (χ1n) is 6.15. The highest BCUT2D eigenvalue weighted by Crippen LogP contribution is 2.30. The van der Waals surface area contributed by atoms with Gasteiger partial charge in [0.15, 0.2) is 0 Å². The zero-order chi connectivity index (χ0) is 15.6. The van der Waals surface area contributed by atoms with Crippen LogP contribution in [0.2, 0.25) is 0 Å². The quantitative estimate of drug-likeness (QED) is 0.634. The summed E-state index contributed by atoms with van der Waals surface area (Å²) in [7, 11) is 0. The molecule has 2 rings (SSSR count). The molecule has 0 spiro atoms. The summed E-state index contributed by atoms with van der Waals surface area (Å²) in [6.45, 7) is 3.52. The van der Waals surface area contributed by atoms with E-state index in [-0.39, 0.29) is 23.9 Å². The fourth-order valence-electron chi connectivity index (χ4n) is 2.15. The average Bonchev–Trinajstić information content (AvgIpc) is 2.65. The van der Waals surface area contributed by atoms with Gasteiger partial charge in [0.05, 0.1) is 11.6 Å². The van der Waals surface area contributed by atoms with Crippen molar-refractivity contribution in [3.8, 4) is 5.75 Å². The van der Waals surface area contributed by atoms with Crippen molar-refractivity contribution in [3.05, 3.63) is 36.9 Å². The molecule has 1 fully saturated rings. The van der Waals surface area contributed by atoms with Gasteiger partial charge in [-0.05, 0) is 30.7 Å². The van der Waals surface area contributed by atoms with Gasteiger partial charge in [0.1, 0.15) is 5.75 Å². The lowest BCUT2D eigenvalue weighted by Gasteiger charge is -2.15. The number of allylic oxidation sites excluding steroid dienone is 1. The van der Waals surface area contributed by atoms with Gasteiger partial charge in [-0.25, -0.2) is 0 Å². The number of rotatable bonds is 4. The Morgan fingerprint density at radius 3 is 2.43 bits per heavy atom. The molecule has 0 N–H and O–H groups in total. The maximum atomic E-state index is 12.1. The van der Waals surface area contributed by atoms with Crippen LogP contribution in [0.3, 0.4) is 0 Å². The van der Waals surface area contributed by atoms with E-state index in [1.807, 2.05) is 0 Å². The number of benzene rings is 1. The molecule has 1 saturated heterocycles. The molecule has 1 aromatic carbocycles. The number of carbonyl (C=O) groups is 2. The zero-order valence-corrected chi connectivity index (χ0v) is 10.9. The van der Waals surface area contributed by atoms with Crippen molar-refractivity contribution >= 4 is 17.5 Å². The highest BCUT2D eigenvalue weighted by atomic mass is 19.4. The van der Waals surface area contributed by atoms with Gasteiger partial charge in [-0.1, -0.05) is 6.08 Å². The van der Waals surface area contributed by atoms with Gasteiger partial charge in [-0.3, -0.25) is 14.5 Å². The van der Waals surface area contributed by atoms with Crippen LogP contribution >= 0.6 is 0 Å². The maximum absolute atomic E-state index is 12.1. The lowest BCUT2D eigenvalue weighted by atomic mass is 10.0. The monoisotopic (exact) mass is 299 g/mol. The largest absolute Gasteiger partial charge is 0.573 e. The molecule has 1 aliphatic rings. The van der Waals surface area contributed by atoms with Gasteiger partial charge >= 0.3 is 6.36 Å². The molecule has 7 heteroatoms. The number of anilines is 1. The van der Waals surface area contributed by atoms with Gasteiger partial charge in [0.25, 0.3) is 0 Å². The van der Waals surface area contributed by atoms with Crippen LogP contribution in [-0.4, -0.2) is 18.2 Å². The van der Waals surface area contributed by atoms with E-state index in [9.17, 15) is 22.8 Å². The van der Waals surface area contributed by atoms with Crippen LogP contribution in [0.4, 0.5) is 18.9 Å². The summed E-state index contributed by atoms with van der Waals surface area (Å²) in [6.07, 6.45) is -2.77. The minimum atomic E-state index is -4.78. The van der Waals surface area contributed by atoms with Crippen molar-refractivity contribution in [2.75, 3.05) is 4.90 Å². The molecule has 0 saturated carbocycles. The Morgan fingerprint density at radius 2 is 1.90 bits per heavy atom. The molecule has 4 nitrogen and oxygen atoms in total. The van der Waals surface area contributed by atoms with Crippen LogP contribution < -0.4 is 9.64 Å². The van der Waals surface area contributed by atoms with Gasteiger partial charge in [-0.15, -0.1) is 19.8 Å². The summed E-state index contributed by atoms with van der Waals surface area (Å²) >= 11 is 0. The number of amides is 2. The molecule has 1 aliphatic heterocycles. The Morgan fingerprint density at radius 1 is 1.29 bits per heavy atom. The number of hydrogen-bond acceptors (Lipinski definition) is 3. The Bertz CT molecular complexity index is 566. The fourth-order valence-corrected chi connectivity index (χ4v) is 2.15. The molecule has 0 aliphatic carbocycles. The number of carbonyl (C=O) groups excluding carboxylic acids is 2. The number of halogens is 3. The van der Waals surface area contributed by atoms with Gasteiger partial charge < -0.3 is 4.74 Å². The standard InChI is InChI=1S/C14H12F3NO3/c1-2-3-9-8-12(19)18(13(9)20)10-4-6-11(7-5-10)21-14(15,16)17/h2,4-7,9H,1,3,8H2/t9-/m1/s1. The topological polar surface area (TPSA) is 46.6 Å². The zero-order valence-electron chi connectivity index (χ0n) is 10.9. The predicted octanol–water partition coefficient (Wildman–Crippen LogP) is 3.04. The summed E-state index contributed by atoms with van der Waals surface area (Å²) in [5, 5.41) is 0. The third kappa shape index (κ3) is 3.42. The number of ether oxygens (including phenoxy) is 1. The Labute approximate surface area is 118 Å². The summed E-state index contributed by atoms with van der Waals surface area (Å²) in [4.78, 5) is 24.9. The van der Waals surface area contributed by atoms with E-state index in [0.717, 1.165) is 17.0 Å². The van der Waals surface area contributed by atoms with Crippen molar-refractivity contribution in [1.82, 2.24) is 0 Å². The highest BCUT2D eigenvalue weighted by Gasteiger charge is 2.38. The van der Waals surface area contributed by atoms with E-state index in [1.54, 1.807) is 6.08 Å². The first-order chi connectivity index (χ1) is 9.81. The molecular weight excluding hydrogens is 287 g/mol. The van der Waals surface area contributed by atoms with Gasteiger partial charge in [0.2, 0.25) is 11.8 Å². The Hall–Kier alpha value is -2.31. The van der Waals surface area contributed by atoms with Crippen molar-refractivity contribution < 1.29 is 27.5 Å². The molecule has 21 heavy (non-hydrogen) atoms. The molecule has 0 unspecified atom stereocenters. The third-order valence-corrected chi connectivity index (χ3v) is 3.02. The molecule has 1 atom stereocenters. The highest BCUT2D eigenvalue weighted by molar-refractivity contribution is 6.20. The van der Waals surface area contributed by atoms with E-state index in [4.69, 9.17) is 0 Å². The number of hydrogen-bond donors (Lipinski definition) is 0. The summed E-state index contributed by atoms with van der Waals surface area (Å²) in [5.74, 6) is -1.62. The van der Waals surface area contributed by atoms with Crippen LogP contribution in [0.25, 0.3) is 0 Å². The Balaban J connectivity index is 2.17. The van der Waals surface area contributed by atoms with Crippen molar-refractivity contribution in [2.24, 2.45) is 5.92 Å². The number of nitrogens with zero attached hydrogens (tertiary/aromatic N) is 1. The Kier molecular flexibility index (Phi) is 4.02. The molecule has 0 aromatic heterocycles. The minimum absolute atomic E-state index is 0.0751. The van der Waals surface area contributed by atoms with Gasteiger partial charge in [0, 0.05) is 6.42 Å². The molecule has 0 radical (unpaired) electrons. The van der Waals surface area contributed by atoms with E-state index >= 15 is 0 Å². The summed E-state index contributed by atoms with van der Waals surface area (Å²) in [6, 6.07) is 4.61. The summed E-state index contributed by atoms with van der Waals surface area (Å²) < 4.78 is 39.9. The van der Waals surface area contributed by atoms with Gasteiger partial charge in [-0.2, -0.15) is 0 Å². The predicted molar refractivity (Wildman–Crippen MR) is 68.5 cm³/mol. The first-order valence-corrected chi connectivity index (χ1v) is 6.15. The van der Waals surface area contributed by atoms with E-state index in [2.05, 4.69) is 11.3 Å². The molecule has 112 valence electrons. The molecular formula is C14H12F3NO3. The van der Waals surface area contributed by atoms with Crippen LogP contribution in [-0.2, 0) is 9.59 Å². The van der Waals surface area contributed by atoms with E-state index < -0.39 is 18.0 Å². The third-order valence-electron chi connectivity index (χ3n) is 3.02. The average molecular weight is 299 g/mol. The van der Waals surface area contributed by atoms with Crippen LogP contribution in [0.5, 0.6) is 5.75 Å². The fraction of sp³-hybridized carbons (Fsp3) is 0.286. The van der Waals surface area contributed by atoms with Crippen LogP contribution in [0, 0.1) is 5.92 Å². The van der Waals surface area contributed by atoms with E-state index in [0.29, 0.717) is 6.42 Å². The first kappa shape index (κ1) is 15.1. The van der Waals surface area contributed by atoms with Crippen molar-refractivity contribution in [3.63, 3.8) is 0 Å². The second-order valence-electron chi connectivity index (χ2n) is 4.53. The SMILES string of the molecule is C=CC[C@@H]1CC(=O)N(c2ccc(OC(F)(F)F)cc2)C1=O. The number of imide groups is 1. The van der Waals surface area contributed by atoms with E-state index in [1.165, 1.54) is 12.1 Å².